The number of amides is 1. The van der Waals surface area contributed by atoms with Crippen LogP contribution in [0.15, 0.2) is 34.8 Å². The summed E-state index contributed by atoms with van der Waals surface area (Å²) in [6.45, 7) is 3.68. The predicted molar refractivity (Wildman–Crippen MR) is 80.6 cm³/mol. The van der Waals surface area contributed by atoms with Gasteiger partial charge in [0.2, 0.25) is 5.91 Å². The van der Waals surface area contributed by atoms with Crippen molar-refractivity contribution in [2.24, 2.45) is 17.3 Å². The van der Waals surface area contributed by atoms with Crippen LogP contribution in [0.1, 0.15) is 19.4 Å². The lowest BCUT2D eigenvalue weighted by molar-refractivity contribution is -0.137. The molecule has 22 heavy (non-hydrogen) atoms. The largest absolute Gasteiger partial charge is 0.418 e. The lowest BCUT2D eigenvalue weighted by Gasteiger charge is -2.13. The first kappa shape index (κ1) is 17.2. The van der Waals surface area contributed by atoms with Gasteiger partial charge in [-0.25, -0.2) is 0 Å². The number of alkyl halides is 3. The Morgan fingerprint density at radius 1 is 1.27 bits per heavy atom. The molecular formula is C15H14Cl2F3NO. The van der Waals surface area contributed by atoms with Crippen molar-refractivity contribution in [1.82, 2.24) is 0 Å². The number of carbonyl (C=O) groups excluding carboxylic acids is 1. The van der Waals surface area contributed by atoms with Gasteiger partial charge >= 0.3 is 6.18 Å². The molecule has 0 heterocycles. The summed E-state index contributed by atoms with van der Waals surface area (Å²) in [7, 11) is 0. The van der Waals surface area contributed by atoms with E-state index in [0.29, 0.717) is 0 Å². The van der Waals surface area contributed by atoms with Crippen LogP contribution < -0.4 is 5.32 Å². The molecule has 0 unspecified atom stereocenters. The van der Waals surface area contributed by atoms with E-state index in [1.165, 1.54) is 18.2 Å². The molecule has 1 N–H and O–H groups in total. The second kappa shape index (κ2) is 5.78. The normalized spacial score (nSPS) is 22.9. The number of hydrogen-bond acceptors (Lipinski definition) is 1. The molecule has 1 saturated carbocycles. The first-order valence-corrected chi connectivity index (χ1v) is 7.30. The Kier molecular flexibility index (Phi) is 4.51. The average Bonchev–Trinajstić information content (AvgIpc) is 2.89. The molecule has 0 spiro atoms. The minimum atomic E-state index is -4.53. The van der Waals surface area contributed by atoms with Gasteiger partial charge in [0.15, 0.2) is 0 Å². The van der Waals surface area contributed by atoms with Gasteiger partial charge in [-0.2, -0.15) is 13.2 Å². The highest BCUT2D eigenvalue weighted by Gasteiger charge is 2.60. The number of benzene rings is 1. The number of carbonyl (C=O) groups is 1. The van der Waals surface area contributed by atoms with Gasteiger partial charge in [-0.15, -0.1) is 0 Å². The third-order valence-corrected chi connectivity index (χ3v) is 4.24. The first-order chi connectivity index (χ1) is 10.0. The molecule has 2 rings (SSSR count). The van der Waals surface area contributed by atoms with Crippen molar-refractivity contribution in [2.45, 2.75) is 20.0 Å². The van der Waals surface area contributed by atoms with Crippen LogP contribution in [0, 0.1) is 17.3 Å². The van der Waals surface area contributed by atoms with Crippen molar-refractivity contribution in [1.29, 1.82) is 0 Å². The summed E-state index contributed by atoms with van der Waals surface area (Å²) in [6, 6.07) is 4.88. The zero-order chi connectivity index (χ0) is 16.7. The zero-order valence-electron chi connectivity index (χ0n) is 11.8. The number of halogens is 5. The molecule has 120 valence electrons. The summed E-state index contributed by atoms with van der Waals surface area (Å²) in [5, 5.41) is 2.36. The Labute approximate surface area is 136 Å². The SMILES string of the molecule is CC1(C)[C@H](C=C(Cl)Cl)[C@H]1C(=O)Nc1ccccc1C(F)(F)F. The molecule has 2 atom stereocenters. The van der Waals surface area contributed by atoms with Crippen molar-refractivity contribution in [3.8, 4) is 0 Å². The summed E-state index contributed by atoms with van der Waals surface area (Å²) in [6.07, 6.45) is -2.98. The standard InChI is InChI=1S/C15H14Cl2F3NO/c1-14(2)9(7-11(16)17)12(14)13(22)21-10-6-4-3-5-8(10)15(18,19)20/h3-7,9,12H,1-2H3,(H,21,22)/t9-,12+/m1/s1. The van der Waals surface area contributed by atoms with Crippen molar-refractivity contribution < 1.29 is 18.0 Å². The maximum absolute atomic E-state index is 12.9. The van der Waals surface area contributed by atoms with Gasteiger partial charge in [0, 0.05) is 0 Å². The number of rotatable bonds is 3. The highest BCUT2D eigenvalue weighted by atomic mass is 35.5. The van der Waals surface area contributed by atoms with Crippen LogP contribution in [0.4, 0.5) is 18.9 Å². The lowest BCUT2D eigenvalue weighted by Crippen LogP contribution is -2.19. The molecule has 1 fully saturated rings. The molecule has 7 heteroatoms. The van der Waals surface area contributed by atoms with Crippen LogP contribution in [-0.4, -0.2) is 5.91 Å². The second-order valence-electron chi connectivity index (χ2n) is 5.81. The highest BCUT2D eigenvalue weighted by molar-refractivity contribution is 6.55. The van der Waals surface area contributed by atoms with Crippen molar-refractivity contribution in [3.63, 3.8) is 0 Å². The van der Waals surface area contributed by atoms with Crippen molar-refractivity contribution >= 4 is 34.8 Å². The highest BCUT2D eigenvalue weighted by Crippen LogP contribution is 2.60. The molecule has 0 radical (unpaired) electrons. The maximum Gasteiger partial charge on any atom is 0.418 e. The fraction of sp³-hybridized carbons (Fsp3) is 0.400. The smallest absolute Gasteiger partial charge is 0.325 e. The number of anilines is 1. The number of para-hydroxylation sites is 1. The third-order valence-electron chi connectivity index (χ3n) is 3.99. The van der Waals surface area contributed by atoms with E-state index in [0.717, 1.165) is 6.07 Å². The Bertz CT molecular complexity index is 621. The van der Waals surface area contributed by atoms with E-state index >= 15 is 0 Å². The van der Waals surface area contributed by atoms with Crippen LogP contribution in [-0.2, 0) is 11.0 Å². The molecule has 0 aromatic heterocycles. The lowest BCUT2D eigenvalue weighted by atomic mass is 10.1. The van der Waals surface area contributed by atoms with E-state index in [2.05, 4.69) is 5.32 Å². The topological polar surface area (TPSA) is 29.1 Å². The summed E-state index contributed by atoms with van der Waals surface area (Å²) in [5.74, 6) is -1.14. The Morgan fingerprint density at radius 2 is 1.86 bits per heavy atom. The molecule has 0 bridgehead atoms. The summed E-state index contributed by atoms with van der Waals surface area (Å²) in [4.78, 5) is 12.3. The summed E-state index contributed by atoms with van der Waals surface area (Å²) in [5.41, 5.74) is -1.52. The quantitative estimate of drug-likeness (QED) is 0.792. The van der Waals surface area contributed by atoms with Gasteiger partial charge < -0.3 is 5.32 Å². The van der Waals surface area contributed by atoms with E-state index in [-0.39, 0.29) is 16.1 Å². The predicted octanol–water partition coefficient (Wildman–Crippen LogP) is 5.24. The minimum Gasteiger partial charge on any atom is -0.325 e. The van der Waals surface area contributed by atoms with Gasteiger partial charge in [0.05, 0.1) is 17.2 Å². The van der Waals surface area contributed by atoms with E-state index in [1.807, 2.05) is 13.8 Å². The van der Waals surface area contributed by atoms with E-state index in [9.17, 15) is 18.0 Å². The zero-order valence-corrected chi connectivity index (χ0v) is 13.4. The summed E-state index contributed by atoms with van der Waals surface area (Å²) < 4.78 is 38.8. The van der Waals surface area contributed by atoms with Gasteiger partial charge in [-0.05, 0) is 29.5 Å². The molecular weight excluding hydrogens is 338 g/mol. The number of nitrogens with one attached hydrogen (secondary N) is 1. The third kappa shape index (κ3) is 3.41. The average molecular weight is 352 g/mol. The Hall–Kier alpha value is -1.20. The van der Waals surface area contributed by atoms with Crippen LogP contribution in [0.2, 0.25) is 0 Å². The number of hydrogen-bond donors (Lipinski definition) is 1. The van der Waals surface area contributed by atoms with Gasteiger partial charge in [0.25, 0.3) is 0 Å². The molecule has 1 amide bonds. The molecule has 1 aliphatic rings. The van der Waals surface area contributed by atoms with E-state index < -0.39 is 29.0 Å². The molecule has 0 aliphatic heterocycles. The van der Waals surface area contributed by atoms with E-state index in [1.54, 1.807) is 6.08 Å². The molecule has 0 saturated heterocycles. The van der Waals surface area contributed by atoms with Crippen LogP contribution in [0.25, 0.3) is 0 Å². The molecule has 1 aliphatic carbocycles. The van der Waals surface area contributed by atoms with Crippen LogP contribution >= 0.6 is 23.2 Å². The second-order valence-corrected chi connectivity index (χ2v) is 6.82. The van der Waals surface area contributed by atoms with E-state index in [4.69, 9.17) is 23.2 Å². The van der Waals surface area contributed by atoms with Gasteiger partial charge in [0.1, 0.15) is 4.49 Å². The van der Waals surface area contributed by atoms with Crippen molar-refractivity contribution in [2.75, 3.05) is 5.32 Å². The first-order valence-electron chi connectivity index (χ1n) is 6.55. The Morgan fingerprint density at radius 3 is 2.41 bits per heavy atom. The van der Waals surface area contributed by atoms with Crippen molar-refractivity contribution in [3.05, 3.63) is 40.4 Å². The molecule has 2 nitrogen and oxygen atoms in total. The fourth-order valence-electron chi connectivity index (χ4n) is 2.68. The fourth-order valence-corrected chi connectivity index (χ4v) is 2.95. The van der Waals surface area contributed by atoms with Crippen LogP contribution in [0.3, 0.4) is 0 Å². The summed E-state index contributed by atoms with van der Waals surface area (Å²) >= 11 is 11.2. The van der Waals surface area contributed by atoms with Crippen LogP contribution in [0.5, 0.6) is 0 Å². The molecule has 1 aromatic rings. The molecule has 1 aromatic carbocycles. The van der Waals surface area contributed by atoms with Gasteiger partial charge in [-0.1, -0.05) is 49.2 Å². The maximum atomic E-state index is 12.9. The van der Waals surface area contributed by atoms with Gasteiger partial charge in [-0.3, -0.25) is 4.79 Å². The minimum absolute atomic E-state index is 0.0454. The number of allylic oxidation sites excluding steroid dienone is 1. The monoisotopic (exact) mass is 351 g/mol. The Balaban J connectivity index is 2.20.